The molecule has 4 aromatic rings. The van der Waals surface area contributed by atoms with Crippen LogP contribution in [-0.2, 0) is 6.54 Å². The van der Waals surface area contributed by atoms with Gasteiger partial charge in [-0.05, 0) is 23.8 Å². The maximum Gasteiger partial charge on any atom is 0.221 e. The molecule has 0 saturated carbocycles. The number of halogens is 1. The molecular weight excluding hydrogens is 395 g/mol. The van der Waals surface area contributed by atoms with Crippen molar-refractivity contribution in [1.82, 2.24) is 19.5 Å². The number of ether oxygens (including phenoxy) is 1. The van der Waals surface area contributed by atoms with Gasteiger partial charge < -0.3 is 15.0 Å². The number of anilines is 1. The van der Waals surface area contributed by atoms with Gasteiger partial charge in [0.2, 0.25) is 5.88 Å². The van der Waals surface area contributed by atoms with Crippen molar-refractivity contribution in [3.05, 3.63) is 78.3 Å². The van der Waals surface area contributed by atoms with Gasteiger partial charge in [0.25, 0.3) is 0 Å². The fourth-order valence-corrected chi connectivity index (χ4v) is 3.88. The number of hydrogen-bond donors (Lipinski definition) is 1. The first-order valence-corrected chi connectivity index (χ1v) is 9.74. The highest BCUT2D eigenvalue weighted by Crippen LogP contribution is 2.37. The van der Waals surface area contributed by atoms with Crippen molar-refractivity contribution in [1.29, 1.82) is 0 Å². The zero-order valence-corrected chi connectivity index (χ0v) is 16.8. The highest BCUT2D eigenvalue weighted by Gasteiger charge is 2.21. The fraction of sp³-hybridized carbons (Fsp3) is 0.130. The summed E-state index contributed by atoms with van der Waals surface area (Å²) < 4.78 is 21.6. The highest BCUT2D eigenvalue weighted by molar-refractivity contribution is 6.04. The van der Waals surface area contributed by atoms with Crippen LogP contribution in [0.15, 0.2) is 71.9 Å². The number of nitrogens with two attached hydrogens (primary N) is 1. The molecule has 31 heavy (non-hydrogen) atoms. The van der Waals surface area contributed by atoms with Crippen LogP contribution >= 0.6 is 0 Å². The summed E-state index contributed by atoms with van der Waals surface area (Å²) in [5, 5.41) is 0.739. The average molecular weight is 414 g/mol. The van der Waals surface area contributed by atoms with Crippen molar-refractivity contribution in [2.45, 2.75) is 13.0 Å². The SMILES string of the molecule is COc1ncccc1-c1cn(CC2=CN=C(c3ccccc3F)C2)c2ncnc(N)c12. The Morgan fingerprint density at radius 1 is 1.06 bits per heavy atom. The summed E-state index contributed by atoms with van der Waals surface area (Å²) in [7, 11) is 1.58. The predicted molar refractivity (Wildman–Crippen MR) is 117 cm³/mol. The number of methoxy groups -OCH3 is 1. The van der Waals surface area contributed by atoms with E-state index in [4.69, 9.17) is 10.5 Å². The fourth-order valence-electron chi connectivity index (χ4n) is 3.88. The van der Waals surface area contributed by atoms with Crippen LogP contribution in [0.2, 0.25) is 0 Å². The lowest BCUT2D eigenvalue weighted by Crippen LogP contribution is -2.05. The molecule has 5 rings (SSSR count). The number of nitrogens with zero attached hydrogens (tertiary/aromatic N) is 5. The van der Waals surface area contributed by atoms with Gasteiger partial charge >= 0.3 is 0 Å². The summed E-state index contributed by atoms with van der Waals surface area (Å²) in [5.41, 5.74) is 10.8. The molecule has 3 aromatic heterocycles. The van der Waals surface area contributed by atoms with E-state index in [1.807, 2.05) is 29.0 Å². The monoisotopic (exact) mass is 414 g/mol. The van der Waals surface area contributed by atoms with E-state index in [0.717, 1.165) is 22.1 Å². The van der Waals surface area contributed by atoms with Gasteiger partial charge in [-0.2, -0.15) is 0 Å². The minimum atomic E-state index is -0.270. The minimum absolute atomic E-state index is 0.270. The van der Waals surface area contributed by atoms with Crippen molar-refractivity contribution < 1.29 is 9.13 Å². The summed E-state index contributed by atoms with van der Waals surface area (Å²) in [6.07, 6.45) is 7.45. The largest absolute Gasteiger partial charge is 0.481 e. The molecule has 1 aromatic carbocycles. The smallest absolute Gasteiger partial charge is 0.221 e. The summed E-state index contributed by atoms with van der Waals surface area (Å²) in [4.78, 5) is 17.4. The van der Waals surface area contributed by atoms with Crippen LogP contribution < -0.4 is 10.5 Å². The number of allylic oxidation sites excluding steroid dienone is 1. The van der Waals surface area contributed by atoms with Crippen molar-refractivity contribution in [3.63, 3.8) is 0 Å². The number of pyridine rings is 1. The quantitative estimate of drug-likeness (QED) is 0.533. The van der Waals surface area contributed by atoms with Gasteiger partial charge in [-0.15, -0.1) is 0 Å². The maximum absolute atomic E-state index is 14.2. The van der Waals surface area contributed by atoms with Crippen LogP contribution in [0.5, 0.6) is 5.88 Å². The van der Waals surface area contributed by atoms with E-state index in [-0.39, 0.29) is 5.82 Å². The van der Waals surface area contributed by atoms with E-state index in [9.17, 15) is 4.39 Å². The molecular formula is C23H19FN6O. The van der Waals surface area contributed by atoms with Crippen LogP contribution in [-0.4, -0.2) is 32.3 Å². The molecule has 0 aliphatic carbocycles. The molecule has 1 aliphatic heterocycles. The van der Waals surface area contributed by atoms with Gasteiger partial charge in [0.05, 0.1) is 18.2 Å². The van der Waals surface area contributed by atoms with E-state index >= 15 is 0 Å². The Morgan fingerprint density at radius 3 is 2.74 bits per heavy atom. The standard InChI is InChI=1S/C23H19FN6O/c1-31-23-15(6-4-8-26-23)17-12-30(22-20(17)21(25)28-13-29-22)11-14-9-19(27-10-14)16-5-2-3-7-18(16)24/h2-8,10,12-13H,9,11H2,1H3,(H2,25,28,29). The number of aromatic nitrogens is 4. The van der Waals surface area contributed by atoms with E-state index in [0.29, 0.717) is 41.6 Å². The Hall–Kier alpha value is -4.07. The Kier molecular flexibility index (Phi) is 4.66. The van der Waals surface area contributed by atoms with Crippen molar-refractivity contribution in [2.75, 3.05) is 12.8 Å². The Morgan fingerprint density at radius 2 is 1.90 bits per heavy atom. The minimum Gasteiger partial charge on any atom is -0.481 e. The van der Waals surface area contributed by atoms with Crippen LogP contribution in [0.1, 0.15) is 12.0 Å². The second-order valence-corrected chi connectivity index (χ2v) is 7.21. The third kappa shape index (κ3) is 3.31. The molecule has 0 fully saturated rings. The van der Waals surface area contributed by atoms with E-state index in [1.165, 1.54) is 12.4 Å². The topological polar surface area (TPSA) is 91.2 Å². The molecule has 0 radical (unpaired) electrons. The van der Waals surface area contributed by atoms with Gasteiger partial charge in [-0.1, -0.05) is 18.2 Å². The van der Waals surface area contributed by atoms with Crippen molar-refractivity contribution >= 4 is 22.6 Å². The second kappa shape index (κ2) is 7.64. The summed E-state index contributed by atoms with van der Waals surface area (Å²) in [6, 6.07) is 10.4. The first-order chi connectivity index (χ1) is 15.2. The molecule has 154 valence electrons. The van der Waals surface area contributed by atoms with E-state index in [2.05, 4.69) is 19.9 Å². The molecule has 2 N–H and O–H groups in total. The molecule has 7 nitrogen and oxygen atoms in total. The number of hydrogen-bond acceptors (Lipinski definition) is 6. The van der Waals surface area contributed by atoms with Crippen molar-refractivity contribution in [3.8, 4) is 17.0 Å². The van der Waals surface area contributed by atoms with Crippen LogP contribution in [0.25, 0.3) is 22.2 Å². The third-order valence-electron chi connectivity index (χ3n) is 5.29. The molecule has 0 amide bonds. The van der Waals surface area contributed by atoms with Crippen LogP contribution in [0, 0.1) is 5.82 Å². The number of fused-ring (bicyclic) bond motifs is 1. The number of nitrogen functional groups attached to an aromatic ring is 1. The highest BCUT2D eigenvalue weighted by atomic mass is 19.1. The number of benzene rings is 1. The zero-order chi connectivity index (χ0) is 21.4. The molecule has 1 aliphatic rings. The van der Waals surface area contributed by atoms with Gasteiger partial charge in [0.15, 0.2) is 0 Å². The lowest BCUT2D eigenvalue weighted by molar-refractivity contribution is 0.400. The Bertz CT molecular complexity index is 1360. The Labute approximate surface area is 177 Å². The third-order valence-corrected chi connectivity index (χ3v) is 5.29. The molecule has 0 spiro atoms. The van der Waals surface area contributed by atoms with Gasteiger partial charge in [-0.3, -0.25) is 4.99 Å². The number of rotatable bonds is 5. The normalized spacial score (nSPS) is 13.4. The average Bonchev–Trinajstić information content (AvgIpc) is 3.40. The lowest BCUT2D eigenvalue weighted by Gasteiger charge is -2.07. The molecule has 4 heterocycles. The van der Waals surface area contributed by atoms with Gasteiger partial charge in [0, 0.05) is 48.2 Å². The second-order valence-electron chi connectivity index (χ2n) is 7.21. The van der Waals surface area contributed by atoms with E-state index < -0.39 is 0 Å². The zero-order valence-electron chi connectivity index (χ0n) is 16.8. The molecule has 0 bridgehead atoms. The van der Waals surface area contributed by atoms with Crippen LogP contribution in [0.4, 0.5) is 10.2 Å². The van der Waals surface area contributed by atoms with Gasteiger partial charge in [-0.25, -0.2) is 19.3 Å². The summed E-state index contributed by atoms with van der Waals surface area (Å²) in [5.74, 6) is 0.609. The molecule has 0 unspecified atom stereocenters. The maximum atomic E-state index is 14.2. The van der Waals surface area contributed by atoms with Crippen molar-refractivity contribution in [2.24, 2.45) is 4.99 Å². The van der Waals surface area contributed by atoms with Gasteiger partial charge in [0.1, 0.15) is 23.6 Å². The first kappa shape index (κ1) is 18.9. The predicted octanol–water partition coefficient (Wildman–Crippen LogP) is 4.00. The van der Waals surface area contributed by atoms with E-state index in [1.54, 1.807) is 31.6 Å². The summed E-state index contributed by atoms with van der Waals surface area (Å²) >= 11 is 0. The van der Waals surface area contributed by atoms with Crippen LogP contribution in [0.3, 0.4) is 0 Å². The molecule has 0 atom stereocenters. The summed E-state index contributed by atoms with van der Waals surface area (Å²) in [6.45, 7) is 0.539. The Balaban J connectivity index is 1.51. The molecule has 8 heteroatoms. The first-order valence-electron chi connectivity index (χ1n) is 9.74. The molecule has 0 saturated heterocycles. The lowest BCUT2D eigenvalue weighted by atomic mass is 10.0. The number of aliphatic imine (C=N–C) groups is 1.